The van der Waals surface area contributed by atoms with E-state index in [0.29, 0.717) is 23.8 Å². The maximum atomic E-state index is 10.3. The van der Waals surface area contributed by atoms with Crippen molar-refractivity contribution in [2.24, 2.45) is 4.99 Å². The number of hydrogen-bond acceptors (Lipinski definition) is 5. The molecule has 4 aromatic rings. The second-order valence-electron chi connectivity index (χ2n) is 6.86. The number of para-hydroxylation sites is 1. The van der Waals surface area contributed by atoms with Gasteiger partial charge >= 0.3 is 0 Å². The summed E-state index contributed by atoms with van der Waals surface area (Å²) in [7, 11) is 0. The predicted molar refractivity (Wildman–Crippen MR) is 115 cm³/mol. The van der Waals surface area contributed by atoms with Crippen LogP contribution in [0.15, 0.2) is 64.0 Å². The molecule has 5 heteroatoms. The fraction of sp³-hybridized carbons (Fsp3) is 0.167. The summed E-state index contributed by atoms with van der Waals surface area (Å²) in [5.74, 6) is 1.13. The number of aromatic nitrogens is 1. The molecule has 0 unspecified atom stereocenters. The second-order valence-corrected chi connectivity index (χ2v) is 6.86. The van der Waals surface area contributed by atoms with E-state index in [1.54, 1.807) is 18.3 Å². The van der Waals surface area contributed by atoms with Crippen LogP contribution >= 0.6 is 0 Å². The molecular formula is C24H22N2O3. The average Bonchev–Trinajstić information content (AvgIpc) is 3.12. The maximum Gasteiger partial charge on any atom is 0.227 e. The van der Waals surface area contributed by atoms with Gasteiger partial charge in [-0.25, -0.2) is 4.98 Å². The zero-order chi connectivity index (χ0) is 20.4. The van der Waals surface area contributed by atoms with Gasteiger partial charge in [0.2, 0.25) is 5.89 Å². The third-order valence-electron chi connectivity index (χ3n) is 4.80. The lowest BCUT2D eigenvalue weighted by molar-refractivity contribution is 0.318. The van der Waals surface area contributed by atoms with Crippen LogP contribution in [0.1, 0.15) is 23.6 Å². The van der Waals surface area contributed by atoms with Crippen molar-refractivity contribution in [3.8, 4) is 23.0 Å². The molecule has 0 saturated carbocycles. The standard InChI is InChI=1S/C24H22N2O3/c1-4-28-21-7-5-6-18(23(21)27)14-25-19-10-8-17(9-11-19)24-26-20-12-15(2)16(3)13-22(20)29-24/h5-14,27H,4H2,1-3H3. The predicted octanol–water partition coefficient (Wildman–Crippen LogP) is 5.97. The van der Waals surface area contributed by atoms with Gasteiger partial charge in [-0.3, -0.25) is 4.99 Å². The summed E-state index contributed by atoms with van der Waals surface area (Å²) in [5.41, 5.74) is 6.27. The summed E-state index contributed by atoms with van der Waals surface area (Å²) < 4.78 is 11.3. The lowest BCUT2D eigenvalue weighted by Gasteiger charge is -2.07. The molecule has 4 rings (SSSR count). The topological polar surface area (TPSA) is 67.9 Å². The van der Waals surface area contributed by atoms with Crippen molar-refractivity contribution in [1.82, 2.24) is 4.98 Å². The minimum atomic E-state index is 0.0896. The zero-order valence-corrected chi connectivity index (χ0v) is 16.6. The van der Waals surface area contributed by atoms with Gasteiger partial charge in [-0.2, -0.15) is 0 Å². The number of aliphatic imine (C=N–C) groups is 1. The molecule has 0 saturated heterocycles. The van der Waals surface area contributed by atoms with Crippen LogP contribution in [-0.4, -0.2) is 22.9 Å². The Bertz CT molecular complexity index is 1150. The lowest BCUT2D eigenvalue weighted by atomic mass is 10.1. The minimum Gasteiger partial charge on any atom is -0.504 e. The van der Waals surface area contributed by atoms with Gasteiger partial charge in [-0.1, -0.05) is 6.07 Å². The molecule has 5 nitrogen and oxygen atoms in total. The molecule has 29 heavy (non-hydrogen) atoms. The number of hydrogen-bond donors (Lipinski definition) is 1. The third-order valence-corrected chi connectivity index (χ3v) is 4.80. The van der Waals surface area contributed by atoms with E-state index < -0.39 is 0 Å². The lowest BCUT2D eigenvalue weighted by Crippen LogP contribution is -1.93. The van der Waals surface area contributed by atoms with E-state index in [9.17, 15) is 5.11 Å². The van der Waals surface area contributed by atoms with Gasteiger partial charge in [-0.15, -0.1) is 0 Å². The highest BCUT2D eigenvalue weighted by molar-refractivity contribution is 5.86. The number of phenolic OH excluding ortho intramolecular Hbond substituents is 1. The third kappa shape index (κ3) is 3.85. The van der Waals surface area contributed by atoms with Crippen LogP contribution in [-0.2, 0) is 0 Å². The molecule has 146 valence electrons. The normalized spacial score (nSPS) is 11.4. The highest BCUT2D eigenvalue weighted by atomic mass is 16.5. The summed E-state index contributed by atoms with van der Waals surface area (Å²) in [5, 5.41) is 10.3. The SMILES string of the molecule is CCOc1cccc(C=Nc2ccc(-c3nc4cc(C)c(C)cc4o3)cc2)c1O. The molecule has 1 heterocycles. The van der Waals surface area contributed by atoms with Crippen LogP contribution in [0, 0.1) is 13.8 Å². The first-order valence-corrected chi connectivity index (χ1v) is 9.52. The zero-order valence-electron chi connectivity index (χ0n) is 16.6. The van der Waals surface area contributed by atoms with Crippen molar-refractivity contribution in [1.29, 1.82) is 0 Å². The van der Waals surface area contributed by atoms with Gasteiger partial charge in [0.05, 0.1) is 12.3 Å². The van der Waals surface area contributed by atoms with Gasteiger partial charge in [0, 0.05) is 17.3 Å². The summed E-state index contributed by atoms with van der Waals surface area (Å²) >= 11 is 0. The van der Waals surface area contributed by atoms with Crippen LogP contribution in [0.25, 0.3) is 22.6 Å². The van der Waals surface area contributed by atoms with Crippen molar-refractivity contribution in [3.05, 3.63) is 71.3 Å². The fourth-order valence-electron chi connectivity index (χ4n) is 3.05. The Morgan fingerprint density at radius 2 is 1.83 bits per heavy atom. The highest BCUT2D eigenvalue weighted by Crippen LogP contribution is 2.30. The van der Waals surface area contributed by atoms with Crippen LogP contribution in [0.3, 0.4) is 0 Å². The molecule has 0 aliphatic carbocycles. The van der Waals surface area contributed by atoms with Crippen molar-refractivity contribution in [3.63, 3.8) is 0 Å². The van der Waals surface area contributed by atoms with Crippen molar-refractivity contribution < 1.29 is 14.3 Å². The maximum absolute atomic E-state index is 10.3. The van der Waals surface area contributed by atoms with E-state index in [1.807, 2.05) is 49.4 Å². The number of aromatic hydroxyl groups is 1. The molecule has 0 amide bonds. The number of rotatable bonds is 5. The Morgan fingerprint density at radius 1 is 1.07 bits per heavy atom. The van der Waals surface area contributed by atoms with Gasteiger partial charge in [0.1, 0.15) is 5.52 Å². The number of benzene rings is 3. The summed E-state index contributed by atoms with van der Waals surface area (Å²) in [6.07, 6.45) is 1.62. The summed E-state index contributed by atoms with van der Waals surface area (Å²) in [4.78, 5) is 9.04. The molecule has 1 aromatic heterocycles. The van der Waals surface area contributed by atoms with Gasteiger partial charge in [0.15, 0.2) is 17.1 Å². The molecule has 0 aliphatic rings. The highest BCUT2D eigenvalue weighted by Gasteiger charge is 2.10. The van der Waals surface area contributed by atoms with Gasteiger partial charge in [0.25, 0.3) is 0 Å². The van der Waals surface area contributed by atoms with Crippen LogP contribution in [0.5, 0.6) is 11.5 Å². The van der Waals surface area contributed by atoms with Crippen LogP contribution < -0.4 is 4.74 Å². The van der Waals surface area contributed by atoms with Crippen molar-refractivity contribution in [2.45, 2.75) is 20.8 Å². The number of fused-ring (bicyclic) bond motifs is 1. The number of nitrogens with zero attached hydrogens (tertiary/aromatic N) is 2. The Morgan fingerprint density at radius 3 is 2.59 bits per heavy atom. The molecule has 0 fully saturated rings. The number of ether oxygens (including phenoxy) is 1. The Balaban J connectivity index is 1.57. The molecule has 0 atom stereocenters. The molecule has 0 spiro atoms. The molecule has 1 N–H and O–H groups in total. The molecule has 3 aromatic carbocycles. The van der Waals surface area contributed by atoms with Crippen LogP contribution in [0.2, 0.25) is 0 Å². The number of aryl methyl sites for hydroxylation is 2. The van der Waals surface area contributed by atoms with E-state index in [-0.39, 0.29) is 5.75 Å². The van der Waals surface area contributed by atoms with E-state index in [4.69, 9.17) is 9.15 Å². The Kier molecular flexibility index (Phi) is 5.04. The van der Waals surface area contributed by atoms with Gasteiger partial charge in [-0.05, 0) is 80.4 Å². The first-order valence-electron chi connectivity index (χ1n) is 9.52. The molecule has 0 aliphatic heterocycles. The average molecular weight is 386 g/mol. The van der Waals surface area contributed by atoms with E-state index in [2.05, 4.69) is 23.8 Å². The van der Waals surface area contributed by atoms with Crippen molar-refractivity contribution >= 4 is 23.0 Å². The second kappa shape index (κ2) is 7.80. The number of phenols is 1. The monoisotopic (exact) mass is 386 g/mol. The first-order chi connectivity index (χ1) is 14.0. The first kappa shape index (κ1) is 18.7. The fourth-order valence-corrected chi connectivity index (χ4v) is 3.05. The summed E-state index contributed by atoms with van der Waals surface area (Å²) in [6, 6.07) is 17.0. The van der Waals surface area contributed by atoms with E-state index in [0.717, 1.165) is 22.4 Å². The van der Waals surface area contributed by atoms with E-state index in [1.165, 1.54) is 11.1 Å². The molecule has 0 bridgehead atoms. The Hall–Kier alpha value is -3.60. The quantitative estimate of drug-likeness (QED) is 0.429. The minimum absolute atomic E-state index is 0.0896. The largest absolute Gasteiger partial charge is 0.504 e. The smallest absolute Gasteiger partial charge is 0.227 e. The molecular weight excluding hydrogens is 364 g/mol. The van der Waals surface area contributed by atoms with Gasteiger partial charge < -0.3 is 14.3 Å². The van der Waals surface area contributed by atoms with Crippen LogP contribution in [0.4, 0.5) is 5.69 Å². The van der Waals surface area contributed by atoms with Crippen molar-refractivity contribution in [2.75, 3.05) is 6.61 Å². The summed E-state index contributed by atoms with van der Waals surface area (Å²) in [6.45, 7) is 6.49. The molecule has 0 radical (unpaired) electrons. The Labute approximate surface area is 169 Å². The van der Waals surface area contributed by atoms with E-state index >= 15 is 0 Å². The number of oxazole rings is 1.